The van der Waals surface area contributed by atoms with Gasteiger partial charge < -0.3 is 9.84 Å². The molecule has 5 heteroatoms. The van der Waals surface area contributed by atoms with E-state index >= 15 is 0 Å². The average molecular weight is 358 g/mol. The molecule has 0 aliphatic heterocycles. The van der Waals surface area contributed by atoms with Crippen LogP contribution in [0.3, 0.4) is 0 Å². The summed E-state index contributed by atoms with van der Waals surface area (Å²) >= 11 is 6.50. The zero-order chi connectivity index (χ0) is 12.0. The summed E-state index contributed by atoms with van der Waals surface area (Å²) in [6.07, 6.45) is 1.16. The zero-order valence-electron chi connectivity index (χ0n) is 10.2. The van der Waals surface area contributed by atoms with Crippen molar-refractivity contribution in [3.63, 3.8) is 0 Å². The van der Waals surface area contributed by atoms with E-state index in [4.69, 9.17) is 4.74 Å². The Morgan fingerprint density at radius 1 is 1.29 bits per heavy atom. The van der Waals surface area contributed by atoms with Crippen LogP contribution in [0.5, 0.6) is 0 Å². The molecule has 1 unspecified atom stereocenters. The molecular weight excluding hydrogens is 343 g/mol. The van der Waals surface area contributed by atoms with Crippen LogP contribution in [-0.2, 0) is 11.2 Å². The molecule has 0 aliphatic carbocycles. The van der Waals surface area contributed by atoms with E-state index in [1.54, 1.807) is 0 Å². The second-order valence-electron chi connectivity index (χ2n) is 3.53. The number of rotatable bonds is 6. The van der Waals surface area contributed by atoms with Gasteiger partial charge in [-0.15, -0.1) is 0 Å². The van der Waals surface area contributed by atoms with Gasteiger partial charge in [0.1, 0.15) is 0 Å². The summed E-state index contributed by atoms with van der Waals surface area (Å²) in [6.45, 7) is 2.25. The minimum Gasteiger partial charge on any atom is -0.827 e. The summed E-state index contributed by atoms with van der Waals surface area (Å²) in [5.41, 5.74) is 1.16. The fourth-order valence-electron chi connectivity index (χ4n) is 1.45. The van der Waals surface area contributed by atoms with Crippen molar-refractivity contribution in [2.45, 2.75) is 29.3 Å². The van der Waals surface area contributed by atoms with Crippen molar-refractivity contribution in [1.82, 2.24) is 0 Å². The molecule has 0 amide bonds. The van der Waals surface area contributed by atoms with Crippen molar-refractivity contribution in [3.8, 4) is 0 Å². The predicted octanol–water partition coefficient (Wildman–Crippen LogP) is -0.168. The SMILES string of the molecule is CCOC([O-])(CCc1ccccc1)C(Br)Br.[Li+]. The second kappa shape index (κ2) is 8.74. The van der Waals surface area contributed by atoms with E-state index in [1.165, 1.54) is 0 Å². The molecule has 0 fully saturated rings. The smallest absolute Gasteiger partial charge is 0.827 e. The van der Waals surface area contributed by atoms with Crippen molar-refractivity contribution in [2.75, 3.05) is 6.61 Å². The van der Waals surface area contributed by atoms with Crippen LogP contribution in [0, 0.1) is 0 Å². The third-order valence-corrected chi connectivity index (χ3v) is 3.72. The van der Waals surface area contributed by atoms with Gasteiger partial charge in [0.05, 0.1) is 3.74 Å². The first-order chi connectivity index (χ1) is 7.58. The van der Waals surface area contributed by atoms with E-state index in [-0.39, 0.29) is 22.6 Å². The largest absolute Gasteiger partial charge is 1.00 e. The van der Waals surface area contributed by atoms with Crippen molar-refractivity contribution in [2.24, 2.45) is 0 Å². The molecule has 1 aromatic rings. The summed E-state index contributed by atoms with van der Waals surface area (Å²) < 4.78 is 4.88. The van der Waals surface area contributed by atoms with Gasteiger partial charge in [-0.3, -0.25) is 0 Å². The number of halogens is 2. The van der Waals surface area contributed by atoms with Crippen LogP contribution < -0.4 is 24.0 Å². The van der Waals surface area contributed by atoms with Gasteiger partial charge in [0.15, 0.2) is 0 Å². The molecule has 17 heavy (non-hydrogen) atoms. The first-order valence-electron chi connectivity index (χ1n) is 5.25. The molecule has 0 saturated heterocycles. The van der Waals surface area contributed by atoms with Crippen molar-refractivity contribution in [1.29, 1.82) is 0 Å². The quantitative estimate of drug-likeness (QED) is 0.402. The molecule has 90 valence electrons. The maximum absolute atomic E-state index is 12.3. The summed E-state index contributed by atoms with van der Waals surface area (Å²) in [5, 5.41) is 12.3. The van der Waals surface area contributed by atoms with E-state index in [2.05, 4.69) is 31.9 Å². The van der Waals surface area contributed by atoms with Gasteiger partial charge in [0, 0.05) is 12.4 Å². The van der Waals surface area contributed by atoms with E-state index in [9.17, 15) is 5.11 Å². The molecule has 0 saturated carbocycles. The topological polar surface area (TPSA) is 32.3 Å². The molecule has 0 spiro atoms. The number of aryl methyl sites for hydroxylation is 1. The van der Waals surface area contributed by atoms with Gasteiger partial charge in [0.25, 0.3) is 0 Å². The van der Waals surface area contributed by atoms with E-state index in [1.807, 2.05) is 37.3 Å². The second-order valence-corrected chi connectivity index (χ2v) is 6.59. The average Bonchev–Trinajstić information content (AvgIpc) is 2.28. The van der Waals surface area contributed by atoms with Crippen LogP contribution in [0.15, 0.2) is 30.3 Å². The van der Waals surface area contributed by atoms with Gasteiger partial charge in [-0.2, -0.15) is 0 Å². The monoisotopic (exact) mass is 356 g/mol. The Hall–Kier alpha value is 0.697. The number of ether oxygens (including phenoxy) is 1. The van der Waals surface area contributed by atoms with Crippen LogP contribution in [0.4, 0.5) is 0 Å². The van der Waals surface area contributed by atoms with Gasteiger partial charge >= 0.3 is 18.9 Å². The summed E-state index contributed by atoms with van der Waals surface area (Å²) in [5.74, 6) is -1.41. The minimum absolute atomic E-state index is 0. The van der Waals surface area contributed by atoms with E-state index < -0.39 is 5.79 Å². The van der Waals surface area contributed by atoms with E-state index in [0.717, 1.165) is 12.0 Å². The van der Waals surface area contributed by atoms with Crippen LogP contribution >= 0.6 is 31.9 Å². The van der Waals surface area contributed by atoms with Crippen molar-refractivity contribution in [3.05, 3.63) is 35.9 Å². The van der Waals surface area contributed by atoms with Gasteiger partial charge in [-0.1, -0.05) is 62.2 Å². The Labute approximate surface area is 132 Å². The van der Waals surface area contributed by atoms with Gasteiger partial charge in [-0.05, 0) is 25.3 Å². The molecule has 0 bridgehead atoms. The van der Waals surface area contributed by atoms with Gasteiger partial charge in [0.2, 0.25) is 0 Å². The Kier molecular flexibility index (Phi) is 9.10. The van der Waals surface area contributed by atoms with Crippen molar-refractivity contribution >= 4 is 31.9 Å². The molecule has 2 nitrogen and oxygen atoms in total. The summed E-state index contributed by atoms with van der Waals surface area (Å²) in [6, 6.07) is 9.95. The molecule has 0 aromatic heterocycles. The zero-order valence-corrected chi connectivity index (χ0v) is 13.3. The fourth-order valence-corrected chi connectivity index (χ4v) is 2.17. The first kappa shape index (κ1) is 17.7. The molecule has 0 N–H and O–H groups in total. The molecule has 0 aliphatic rings. The van der Waals surface area contributed by atoms with Crippen LogP contribution in [0.25, 0.3) is 0 Å². The molecule has 0 radical (unpaired) electrons. The maximum atomic E-state index is 12.3. The maximum Gasteiger partial charge on any atom is 1.00 e. The number of hydrogen-bond acceptors (Lipinski definition) is 2. The normalized spacial score (nSPS) is 14.2. The van der Waals surface area contributed by atoms with Crippen LogP contribution in [0.1, 0.15) is 18.9 Å². The van der Waals surface area contributed by atoms with E-state index in [0.29, 0.717) is 13.0 Å². The molecule has 1 aromatic carbocycles. The fraction of sp³-hybridized carbons (Fsp3) is 0.500. The number of hydrogen-bond donors (Lipinski definition) is 0. The molecular formula is C12H15Br2LiO2. The minimum atomic E-state index is -1.41. The molecule has 0 heterocycles. The van der Waals surface area contributed by atoms with Crippen LogP contribution in [-0.4, -0.2) is 16.1 Å². The van der Waals surface area contributed by atoms with Crippen molar-refractivity contribution < 1.29 is 28.7 Å². The third-order valence-electron chi connectivity index (χ3n) is 2.33. The predicted molar refractivity (Wildman–Crippen MR) is 70.8 cm³/mol. The van der Waals surface area contributed by atoms with Crippen LogP contribution in [0.2, 0.25) is 0 Å². The summed E-state index contributed by atoms with van der Waals surface area (Å²) in [4.78, 5) is 0. The standard InChI is InChI=1S/C12H15Br2O2.Li/c1-2-16-12(15,11(13)14)9-8-10-6-4-3-5-7-10;/h3-7,11H,2,8-9H2,1H3;/q-1;+1. The Bertz CT molecular complexity index is 309. The Morgan fingerprint density at radius 2 is 1.88 bits per heavy atom. The number of benzene rings is 1. The third kappa shape index (κ3) is 5.91. The number of alkyl halides is 2. The molecule has 1 rings (SSSR count). The Morgan fingerprint density at radius 3 is 2.35 bits per heavy atom. The van der Waals surface area contributed by atoms with Gasteiger partial charge in [-0.25, -0.2) is 0 Å². The summed E-state index contributed by atoms with van der Waals surface area (Å²) in [7, 11) is 0. The Balaban J connectivity index is 0.00000256. The first-order valence-corrected chi connectivity index (χ1v) is 7.08. The molecule has 1 atom stereocenters.